The molecule has 1 fully saturated rings. The fraction of sp³-hybridized carbons (Fsp3) is 0.818. The van der Waals surface area contributed by atoms with Crippen LogP contribution in [0.2, 0.25) is 0 Å². The van der Waals surface area contributed by atoms with E-state index in [2.05, 4.69) is 5.32 Å². The van der Waals surface area contributed by atoms with Gasteiger partial charge in [0.2, 0.25) is 5.91 Å². The van der Waals surface area contributed by atoms with E-state index in [4.69, 9.17) is 10.00 Å². The number of rotatable bonds is 3. The van der Waals surface area contributed by atoms with Gasteiger partial charge in [0.05, 0.1) is 12.2 Å². The van der Waals surface area contributed by atoms with Gasteiger partial charge in [0.1, 0.15) is 5.41 Å². The van der Waals surface area contributed by atoms with Gasteiger partial charge >= 0.3 is 0 Å². The van der Waals surface area contributed by atoms with Crippen molar-refractivity contribution < 1.29 is 9.53 Å². The lowest BCUT2D eigenvalue weighted by molar-refractivity contribution is -0.127. The lowest BCUT2D eigenvalue weighted by atomic mass is 9.94. The molecule has 1 aliphatic rings. The number of hydrogen-bond donors (Lipinski definition) is 1. The molecule has 0 aromatic heterocycles. The molecule has 1 heterocycles. The van der Waals surface area contributed by atoms with E-state index in [0.29, 0.717) is 6.54 Å². The van der Waals surface area contributed by atoms with Crippen LogP contribution in [0.5, 0.6) is 0 Å². The third-order valence-electron chi connectivity index (χ3n) is 2.61. The van der Waals surface area contributed by atoms with E-state index in [1.54, 1.807) is 13.8 Å². The van der Waals surface area contributed by atoms with Crippen molar-refractivity contribution in [3.05, 3.63) is 0 Å². The Hall–Kier alpha value is -1.08. The number of carbonyl (C=O) groups is 1. The summed E-state index contributed by atoms with van der Waals surface area (Å²) in [4.78, 5) is 11.5. The first-order valence-corrected chi connectivity index (χ1v) is 5.37. The van der Waals surface area contributed by atoms with Crippen LogP contribution in [0.3, 0.4) is 0 Å². The van der Waals surface area contributed by atoms with E-state index in [-0.39, 0.29) is 12.0 Å². The molecule has 1 N–H and O–H groups in total. The van der Waals surface area contributed by atoms with Crippen molar-refractivity contribution in [1.29, 1.82) is 5.26 Å². The number of nitrogens with zero attached hydrogens (tertiary/aromatic N) is 1. The Labute approximate surface area is 90.6 Å². The zero-order valence-electron chi connectivity index (χ0n) is 9.38. The predicted molar refractivity (Wildman–Crippen MR) is 56.0 cm³/mol. The van der Waals surface area contributed by atoms with E-state index < -0.39 is 5.41 Å². The molecule has 0 radical (unpaired) electrons. The quantitative estimate of drug-likeness (QED) is 0.761. The topological polar surface area (TPSA) is 62.1 Å². The Morgan fingerprint density at radius 2 is 2.33 bits per heavy atom. The SMILES string of the molecule is CC(C)(C#N)C(=O)NCC1CCCCO1. The monoisotopic (exact) mass is 210 g/mol. The third-order valence-corrected chi connectivity index (χ3v) is 2.61. The molecule has 4 heteroatoms. The van der Waals surface area contributed by atoms with Gasteiger partial charge in [-0.05, 0) is 33.1 Å². The minimum atomic E-state index is -0.950. The summed E-state index contributed by atoms with van der Waals surface area (Å²) in [6.45, 7) is 4.53. The minimum absolute atomic E-state index is 0.122. The molecule has 0 aliphatic carbocycles. The maximum absolute atomic E-state index is 11.5. The first kappa shape index (κ1) is 12.0. The number of nitriles is 1. The van der Waals surface area contributed by atoms with E-state index in [9.17, 15) is 4.79 Å². The number of nitrogens with one attached hydrogen (secondary N) is 1. The van der Waals surface area contributed by atoms with Crippen molar-refractivity contribution in [2.45, 2.75) is 39.2 Å². The number of ether oxygens (including phenoxy) is 1. The van der Waals surface area contributed by atoms with Gasteiger partial charge in [0, 0.05) is 13.2 Å². The number of hydrogen-bond acceptors (Lipinski definition) is 3. The van der Waals surface area contributed by atoms with Gasteiger partial charge < -0.3 is 10.1 Å². The van der Waals surface area contributed by atoms with E-state index in [1.165, 1.54) is 0 Å². The van der Waals surface area contributed by atoms with Crippen LogP contribution >= 0.6 is 0 Å². The van der Waals surface area contributed by atoms with Gasteiger partial charge in [-0.1, -0.05) is 0 Å². The Morgan fingerprint density at radius 1 is 1.60 bits per heavy atom. The Bertz CT molecular complexity index is 262. The molecule has 0 aromatic carbocycles. The Kier molecular flexibility index (Phi) is 4.10. The molecule has 1 amide bonds. The molecule has 0 bridgehead atoms. The molecule has 1 atom stereocenters. The highest BCUT2D eigenvalue weighted by Gasteiger charge is 2.27. The molecule has 0 aromatic rings. The average molecular weight is 210 g/mol. The highest BCUT2D eigenvalue weighted by molar-refractivity contribution is 5.84. The van der Waals surface area contributed by atoms with Crippen LogP contribution in [0.1, 0.15) is 33.1 Å². The highest BCUT2D eigenvalue weighted by atomic mass is 16.5. The third kappa shape index (κ3) is 3.52. The van der Waals surface area contributed by atoms with Gasteiger partial charge in [-0.15, -0.1) is 0 Å². The van der Waals surface area contributed by atoms with Crippen LogP contribution in [0, 0.1) is 16.7 Å². The summed E-state index contributed by atoms with van der Waals surface area (Å²) in [6, 6.07) is 1.98. The largest absolute Gasteiger partial charge is 0.376 e. The van der Waals surface area contributed by atoms with Crippen LogP contribution in [0.4, 0.5) is 0 Å². The van der Waals surface area contributed by atoms with Crippen molar-refractivity contribution in [1.82, 2.24) is 5.32 Å². The van der Waals surface area contributed by atoms with Crippen molar-refractivity contribution in [3.63, 3.8) is 0 Å². The molecule has 0 spiro atoms. The normalized spacial score (nSPS) is 21.8. The summed E-state index contributed by atoms with van der Waals surface area (Å²) < 4.78 is 5.48. The molecule has 0 saturated carbocycles. The van der Waals surface area contributed by atoms with Crippen molar-refractivity contribution in [2.24, 2.45) is 5.41 Å². The van der Waals surface area contributed by atoms with Gasteiger partial charge in [-0.2, -0.15) is 5.26 Å². The van der Waals surface area contributed by atoms with Crippen molar-refractivity contribution in [3.8, 4) is 6.07 Å². The summed E-state index contributed by atoms with van der Waals surface area (Å²) in [5.41, 5.74) is -0.950. The maximum Gasteiger partial charge on any atom is 0.239 e. The van der Waals surface area contributed by atoms with Crippen molar-refractivity contribution >= 4 is 5.91 Å². The predicted octanol–water partition coefficient (Wildman–Crippen LogP) is 1.22. The standard InChI is InChI=1S/C11H18N2O2/c1-11(2,8-12)10(14)13-7-9-5-3-4-6-15-9/h9H,3-7H2,1-2H3,(H,13,14). The number of amides is 1. The van der Waals surface area contributed by atoms with Crippen LogP contribution < -0.4 is 5.32 Å². The molecule has 15 heavy (non-hydrogen) atoms. The highest BCUT2D eigenvalue weighted by Crippen LogP contribution is 2.14. The molecule has 1 aliphatic heterocycles. The maximum atomic E-state index is 11.5. The molecular weight excluding hydrogens is 192 g/mol. The summed E-state index contributed by atoms with van der Waals surface area (Å²) in [7, 11) is 0. The second-order valence-corrected chi connectivity index (χ2v) is 4.44. The lowest BCUT2D eigenvalue weighted by Gasteiger charge is -2.24. The molecule has 84 valence electrons. The van der Waals surface area contributed by atoms with Crippen LogP contribution in [-0.4, -0.2) is 25.2 Å². The Balaban J connectivity index is 2.30. The Morgan fingerprint density at radius 3 is 2.87 bits per heavy atom. The van der Waals surface area contributed by atoms with Crippen LogP contribution in [0.15, 0.2) is 0 Å². The van der Waals surface area contributed by atoms with E-state index in [1.807, 2.05) is 6.07 Å². The van der Waals surface area contributed by atoms with E-state index >= 15 is 0 Å². The van der Waals surface area contributed by atoms with Crippen molar-refractivity contribution in [2.75, 3.05) is 13.2 Å². The minimum Gasteiger partial charge on any atom is -0.376 e. The molecule has 1 saturated heterocycles. The second kappa shape index (κ2) is 5.13. The fourth-order valence-corrected chi connectivity index (χ4v) is 1.45. The smallest absolute Gasteiger partial charge is 0.239 e. The first-order chi connectivity index (χ1) is 7.06. The molecule has 1 unspecified atom stereocenters. The van der Waals surface area contributed by atoms with Crippen LogP contribution in [0.25, 0.3) is 0 Å². The zero-order chi connectivity index (χ0) is 11.3. The number of carbonyl (C=O) groups excluding carboxylic acids is 1. The van der Waals surface area contributed by atoms with Gasteiger partial charge in [0.25, 0.3) is 0 Å². The second-order valence-electron chi connectivity index (χ2n) is 4.44. The molecule has 4 nitrogen and oxygen atoms in total. The lowest BCUT2D eigenvalue weighted by Crippen LogP contribution is -2.41. The van der Waals surface area contributed by atoms with Gasteiger partial charge in [-0.25, -0.2) is 0 Å². The summed E-state index contributed by atoms with van der Waals surface area (Å²) in [5, 5.41) is 11.5. The van der Waals surface area contributed by atoms with Gasteiger partial charge in [0.15, 0.2) is 0 Å². The average Bonchev–Trinajstić information content (AvgIpc) is 2.27. The molecular formula is C11H18N2O2. The first-order valence-electron chi connectivity index (χ1n) is 5.37. The summed E-state index contributed by atoms with van der Waals surface area (Å²) >= 11 is 0. The van der Waals surface area contributed by atoms with Crippen LogP contribution in [-0.2, 0) is 9.53 Å². The summed E-state index contributed by atoms with van der Waals surface area (Å²) in [6.07, 6.45) is 3.38. The summed E-state index contributed by atoms with van der Waals surface area (Å²) in [5.74, 6) is -0.223. The molecule has 1 rings (SSSR count). The zero-order valence-corrected chi connectivity index (χ0v) is 9.38. The van der Waals surface area contributed by atoms with Gasteiger partial charge in [-0.3, -0.25) is 4.79 Å². The fourth-order valence-electron chi connectivity index (χ4n) is 1.45. The van der Waals surface area contributed by atoms with E-state index in [0.717, 1.165) is 25.9 Å².